The smallest absolute Gasteiger partial charge is 0.175 e. The minimum absolute atomic E-state index is 0.0741. The lowest BCUT2D eigenvalue weighted by Gasteiger charge is -2.10. The summed E-state index contributed by atoms with van der Waals surface area (Å²) in [6.45, 7) is 0.193. The number of ether oxygens (including phenoxy) is 2. The molecule has 16 heavy (non-hydrogen) atoms. The number of halogens is 2. The van der Waals surface area contributed by atoms with Crippen LogP contribution in [0.5, 0.6) is 11.5 Å². The zero-order valence-corrected chi connectivity index (χ0v) is 9.09. The van der Waals surface area contributed by atoms with Gasteiger partial charge in [-0.3, -0.25) is 0 Å². The highest BCUT2D eigenvalue weighted by Crippen LogP contribution is 2.31. The van der Waals surface area contributed by atoms with E-state index in [0.717, 1.165) is 6.07 Å². The molecule has 0 saturated carbocycles. The molecule has 1 rings (SSSR count). The van der Waals surface area contributed by atoms with Crippen LogP contribution in [-0.2, 0) is 0 Å². The molecule has 1 aromatic carbocycles. The fourth-order valence-electron chi connectivity index (χ4n) is 1.24. The Morgan fingerprint density at radius 1 is 1.19 bits per heavy atom. The van der Waals surface area contributed by atoms with Crippen LogP contribution in [0.1, 0.15) is 5.56 Å². The maximum Gasteiger partial charge on any atom is 0.175 e. The molecule has 5 heteroatoms. The third-order valence-corrected chi connectivity index (χ3v) is 2.03. The second-order valence-electron chi connectivity index (χ2n) is 2.96. The average Bonchev–Trinajstić information content (AvgIpc) is 2.29. The van der Waals surface area contributed by atoms with Crippen molar-refractivity contribution in [3.8, 4) is 11.5 Å². The van der Waals surface area contributed by atoms with Gasteiger partial charge < -0.3 is 15.2 Å². The second kappa shape index (κ2) is 5.46. The first-order chi connectivity index (χ1) is 7.65. The van der Waals surface area contributed by atoms with Crippen LogP contribution in [0.3, 0.4) is 0 Å². The zero-order chi connectivity index (χ0) is 12.1. The van der Waals surface area contributed by atoms with Gasteiger partial charge in [0.1, 0.15) is 0 Å². The van der Waals surface area contributed by atoms with Gasteiger partial charge in [0.2, 0.25) is 0 Å². The lowest BCUT2D eigenvalue weighted by Crippen LogP contribution is -1.99. The van der Waals surface area contributed by atoms with Gasteiger partial charge in [-0.25, -0.2) is 8.78 Å². The Balaban J connectivity index is 3.37. The van der Waals surface area contributed by atoms with Crippen molar-refractivity contribution in [1.29, 1.82) is 0 Å². The first-order valence-corrected chi connectivity index (χ1v) is 4.62. The fraction of sp³-hybridized carbons (Fsp3) is 0.273. The Labute approximate surface area is 92.5 Å². The van der Waals surface area contributed by atoms with Gasteiger partial charge in [-0.15, -0.1) is 0 Å². The topological polar surface area (TPSA) is 44.5 Å². The van der Waals surface area contributed by atoms with Gasteiger partial charge >= 0.3 is 0 Å². The van der Waals surface area contributed by atoms with Crippen LogP contribution in [0.2, 0.25) is 0 Å². The van der Waals surface area contributed by atoms with Crippen LogP contribution in [0.4, 0.5) is 8.78 Å². The molecule has 3 nitrogen and oxygen atoms in total. The Morgan fingerprint density at radius 2 is 1.69 bits per heavy atom. The molecule has 0 aliphatic heterocycles. The highest BCUT2D eigenvalue weighted by molar-refractivity contribution is 5.57. The van der Waals surface area contributed by atoms with Crippen LogP contribution in [-0.4, -0.2) is 20.8 Å². The lowest BCUT2D eigenvalue weighted by atomic mass is 10.1. The summed E-state index contributed by atoms with van der Waals surface area (Å²) in [6.07, 6.45) is 2.70. The molecule has 0 radical (unpaired) electrons. The first kappa shape index (κ1) is 12.4. The molecule has 0 aliphatic carbocycles. The monoisotopic (exact) mass is 229 g/mol. The van der Waals surface area contributed by atoms with E-state index in [0.29, 0.717) is 0 Å². The Hall–Kier alpha value is -1.62. The molecule has 0 aliphatic rings. The summed E-state index contributed by atoms with van der Waals surface area (Å²) in [7, 11) is 2.60. The molecule has 0 saturated heterocycles. The van der Waals surface area contributed by atoms with Gasteiger partial charge in [-0.2, -0.15) is 0 Å². The largest absolute Gasteiger partial charge is 0.494 e. The van der Waals surface area contributed by atoms with Gasteiger partial charge in [0, 0.05) is 12.6 Å². The molecule has 88 valence electrons. The van der Waals surface area contributed by atoms with Gasteiger partial charge in [-0.05, 0) is 0 Å². The summed E-state index contributed by atoms with van der Waals surface area (Å²) in [5.74, 6) is -1.69. The summed E-state index contributed by atoms with van der Waals surface area (Å²) >= 11 is 0. The SMILES string of the molecule is COc1cc(OC)c(F)c(/C=C/CN)c1F. The van der Waals surface area contributed by atoms with Crippen molar-refractivity contribution in [1.82, 2.24) is 0 Å². The van der Waals surface area contributed by atoms with Crippen LogP contribution < -0.4 is 15.2 Å². The number of rotatable bonds is 4. The molecular weight excluding hydrogens is 216 g/mol. The average molecular weight is 229 g/mol. The molecule has 0 bridgehead atoms. The zero-order valence-electron chi connectivity index (χ0n) is 9.09. The van der Waals surface area contributed by atoms with Gasteiger partial charge in [0.15, 0.2) is 23.1 Å². The first-order valence-electron chi connectivity index (χ1n) is 4.62. The number of benzene rings is 1. The van der Waals surface area contributed by atoms with Crippen LogP contribution in [0.25, 0.3) is 6.08 Å². The van der Waals surface area contributed by atoms with E-state index in [1.54, 1.807) is 0 Å². The minimum Gasteiger partial charge on any atom is -0.494 e. The summed E-state index contributed by atoms with van der Waals surface area (Å²) in [5.41, 5.74) is 5.00. The fourth-order valence-corrected chi connectivity index (χ4v) is 1.24. The van der Waals surface area contributed by atoms with Crippen LogP contribution in [0, 0.1) is 11.6 Å². The van der Waals surface area contributed by atoms with Gasteiger partial charge in [-0.1, -0.05) is 12.2 Å². The molecule has 0 aromatic heterocycles. The summed E-state index contributed by atoms with van der Waals surface area (Å²) < 4.78 is 36.9. The highest BCUT2D eigenvalue weighted by Gasteiger charge is 2.17. The van der Waals surface area contributed by atoms with E-state index in [1.165, 1.54) is 26.4 Å². The molecule has 2 N–H and O–H groups in total. The molecule has 0 atom stereocenters. The predicted octanol–water partition coefficient (Wildman–Crippen LogP) is 1.95. The summed E-state index contributed by atoms with van der Waals surface area (Å²) in [6, 6.07) is 1.16. The summed E-state index contributed by atoms with van der Waals surface area (Å²) in [5, 5.41) is 0. The van der Waals surface area contributed by atoms with Crippen molar-refractivity contribution in [2.45, 2.75) is 0 Å². The quantitative estimate of drug-likeness (QED) is 0.858. The number of nitrogens with two attached hydrogens (primary N) is 1. The van der Waals surface area contributed by atoms with E-state index >= 15 is 0 Å². The van der Waals surface area contributed by atoms with Crippen molar-refractivity contribution < 1.29 is 18.3 Å². The van der Waals surface area contributed by atoms with Crippen molar-refractivity contribution in [2.24, 2.45) is 5.73 Å². The molecule has 0 fully saturated rings. The summed E-state index contributed by atoms with van der Waals surface area (Å²) in [4.78, 5) is 0. The second-order valence-corrected chi connectivity index (χ2v) is 2.96. The molecular formula is C11H13F2NO2. The number of methoxy groups -OCH3 is 2. The Kier molecular flexibility index (Phi) is 4.25. The van der Waals surface area contributed by atoms with E-state index in [4.69, 9.17) is 15.2 Å². The van der Waals surface area contributed by atoms with E-state index in [9.17, 15) is 8.78 Å². The Bertz CT molecular complexity index is 377. The third-order valence-electron chi connectivity index (χ3n) is 2.03. The van der Waals surface area contributed by atoms with Crippen molar-refractivity contribution in [3.63, 3.8) is 0 Å². The number of hydrogen-bond acceptors (Lipinski definition) is 3. The van der Waals surface area contributed by atoms with Gasteiger partial charge in [0.25, 0.3) is 0 Å². The Morgan fingerprint density at radius 3 is 2.06 bits per heavy atom. The maximum atomic E-state index is 13.7. The van der Waals surface area contributed by atoms with E-state index in [1.807, 2.05) is 0 Å². The van der Waals surface area contributed by atoms with Crippen LogP contribution >= 0.6 is 0 Å². The van der Waals surface area contributed by atoms with Crippen molar-refractivity contribution >= 4 is 6.08 Å². The molecule has 0 unspecified atom stereocenters. The normalized spacial score (nSPS) is 10.8. The highest BCUT2D eigenvalue weighted by atomic mass is 19.1. The molecule has 1 aromatic rings. The minimum atomic E-state index is -0.773. The third kappa shape index (κ3) is 2.30. The molecule has 0 amide bonds. The molecule has 0 spiro atoms. The standard InChI is InChI=1S/C11H13F2NO2/c1-15-8-6-9(16-2)11(13)7(10(8)12)4-3-5-14/h3-4,6H,5,14H2,1-2H3/b4-3+. The van der Waals surface area contributed by atoms with Crippen molar-refractivity contribution in [3.05, 3.63) is 29.3 Å². The van der Waals surface area contributed by atoms with E-state index in [2.05, 4.69) is 0 Å². The van der Waals surface area contributed by atoms with E-state index in [-0.39, 0.29) is 23.6 Å². The predicted molar refractivity (Wildman–Crippen MR) is 57.6 cm³/mol. The maximum absolute atomic E-state index is 13.7. The van der Waals surface area contributed by atoms with Gasteiger partial charge in [0.05, 0.1) is 19.8 Å². The van der Waals surface area contributed by atoms with Crippen molar-refractivity contribution in [2.75, 3.05) is 20.8 Å². The van der Waals surface area contributed by atoms with Crippen LogP contribution in [0.15, 0.2) is 12.1 Å². The molecule has 0 heterocycles. The number of hydrogen-bond donors (Lipinski definition) is 1. The van der Waals surface area contributed by atoms with E-state index < -0.39 is 11.6 Å². The lowest BCUT2D eigenvalue weighted by molar-refractivity contribution is 0.357.